The SMILES string of the molecule is CCC(CN)C(=O)NC1(CO)CCCC(C)C1. The first-order valence-electron chi connectivity index (χ1n) is 6.70. The van der Waals surface area contributed by atoms with Crippen molar-refractivity contribution in [1.29, 1.82) is 0 Å². The van der Waals surface area contributed by atoms with Gasteiger partial charge in [0, 0.05) is 12.5 Å². The molecule has 1 aliphatic rings. The fourth-order valence-corrected chi connectivity index (χ4v) is 2.78. The Morgan fingerprint density at radius 2 is 2.35 bits per heavy atom. The molecule has 4 nitrogen and oxygen atoms in total. The minimum absolute atomic E-state index is 0.00171. The van der Waals surface area contributed by atoms with Crippen LogP contribution >= 0.6 is 0 Å². The predicted molar refractivity (Wildman–Crippen MR) is 68.4 cm³/mol. The summed E-state index contributed by atoms with van der Waals surface area (Å²) in [5.74, 6) is 0.433. The smallest absolute Gasteiger partial charge is 0.224 e. The lowest BCUT2D eigenvalue weighted by molar-refractivity contribution is -0.128. The molecule has 3 unspecified atom stereocenters. The van der Waals surface area contributed by atoms with Gasteiger partial charge in [0.05, 0.1) is 12.1 Å². The summed E-state index contributed by atoms with van der Waals surface area (Å²) in [5, 5.41) is 12.6. The predicted octanol–water partition coefficient (Wildman–Crippen LogP) is 1.03. The highest BCUT2D eigenvalue weighted by Crippen LogP contribution is 2.32. The van der Waals surface area contributed by atoms with Crippen LogP contribution in [0.15, 0.2) is 0 Å². The van der Waals surface area contributed by atoms with E-state index in [1.54, 1.807) is 0 Å². The van der Waals surface area contributed by atoms with Crippen molar-refractivity contribution in [3.05, 3.63) is 0 Å². The molecule has 1 fully saturated rings. The monoisotopic (exact) mass is 242 g/mol. The maximum absolute atomic E-state index is 12.0. The lowest BCUT2D eigenvalue weighted by atomic mass is 9.76. The number of carbonyl (C=O) groups is 1. The number of aliphatic hydroxyl groups excluding tert-OH is 1. The number of aliphatic hydroxyl groups is 1. The van der Waals surface area contributed by atoms with Gasteiger partial charge in [0.1, 0.15) is 0 Å². The fourth-order valence-electron chi connectivity index (χ4n) is 2.78. The second-order valence-corrected chi connectivity index (χ2v) is 5.47. The molecule has 0 aromatic rings. The molecule has 1 amide bonds. The summed E-state index contributed by atoms with van der Waals surface area (Å²) < 4.78 is 0. The number of carbonyl (C=O) groups excluding carboxylic acids is 1. The summed E-state index contributed by atoms with van der Waals surface area (Å²) in [6.45, 7) is 4.55. The molecule has 0 heterocycles. The number of nitrogens with two attached hydrogens (primary N) is 1. The number of amides is 1. The molecule has 1 aliphatic carbocycles. The molecule has 1 saturated carbocycles. The Labute approximate surface area is 104 Å². The van der Waals surface area contributed by atoms with Crippen molar-refractivity contribution in [2.24, 2.45) is 17.6 Å². The van der Waals surface area contributed by atoms with E-state index in [2.05, 4.69) is 12.2 Å². The Morgan fingerprint density at radius 3 is 2.82 bits per heavy atom. The average molecular weight is 242 g/mol. The summed E-state index contributed by atoms with van der Waals surface area (Å²) in [5.41, 5.74) is 5.17. The van der Waals surface area contributed by atoms with E-state index in [4.69, 9.17) is 5.73 Å². The lowest BCUT2D eigenvalue weighted by Crippen LogP contribution is -2.55. The van der Waals surface area contributed by atoms with Crippen molar-refractivity contribution >= 4 is 5.91 Å². The molecule has 0 aromatic carbocycles. The van der Waals surface area contributed by atoms with Crippen molar-refractivity contribution < 1.29 is 9.90 Å². The van der Waals surface area contributed by atoms with Gasteiger partial charge in [-0.2, -0.15) is 0 Å². The number of hydrogen-bond acceptors (Lipinski definition) is 3. The number of hydrogen-bond donors (Lipinski definition) is 3. The Kier molecular flexibility index (Phi) is 5.40. The zero-order valence-electron chi connectivity index (χ0n) is 11.0. The zero-order valence-corrected chi connectivity index (χ0v) is 11.0. The molecule has 0 spiro atoms. The average Bonchev–Trinajstić information content (AvgIpc) is 2.30. The Balaban J connectivity index is 2.64. The first-order valence-corrected chi connectivity index (χ1v) is 6.70. The van der Waals surface area contributed by atoms with Crippen LogP contribution < -0.4 is 11.1 Å². The highest BCUT2D eigenvalue weighted by Gasteiger charge is 2.36. The van der Waals surface area contributed by atoms with E-state index in [1.807, 2.05) is 6.92 Å². The van der Waals surface area contributed by atoms with Crippen molar-refractivity contribution in [2.75, 3.05) is 13.2 Å². The molecule has 4 heteroatoms. The van der Waals surface area contributed by atoms with Gasteiger partial charge in [0.15, 0.2) is 0 Å². The van der Waals surface area contributed by atoms with Crippen LogP contribution in [0.5, 0.6) is 0 Å². The molecule has 3 atom stereocenters. The van der Waals surface area contributed by atoms with Crippen molar-refractivity contribution in [3.63, 3.8) is 0 Å². The van der Waals surface area contributed by atoms with Gasteiger partial charge in [-0.05, 0) is 25.2 Å². The summed E-state index contributed by atoms with van der Waals surface area (Å²) in [4.78, 5) is 12.0. The van der Waals surface area contributed by atoms with Crippen LogP contribution in [0.3, 0.4) is 0 Å². The van der Waals surface area contributed by atoms with Crippen LogP contribution in [0.1, 0.15) is 46.0 Å². The second kappa shape index (κ2) is 6.36. The third kappa shape index (κ3) is 3.68. The summed E-state index contributed by atoms with van der Waals surface area (Å²) >= 11 is 0. The summed E-state index contributed by atoms with van der Waals surface area (Å²) in [6, 6.07) is 0. The largest absolute Gasteiger partial charge is 0.394 e. The van der Waals surface area contributed by atoms with E-state index < -0.39 is 5.54 Å². The number of rotatable bonds is 5. The van der Waals surface area contributed by atoms with Crippen LogP contribution in [0.2, 0.25) is 0 Å². The van der Waals surface area contributed by atoms with E-state index in [0.29, 0.717) is 12.5 Å². The summed E-state index contributed by atoms with van der Waals surface area (Å²) in [7, 11) is 0. The minimum atomic E-state index is -0.405. The van der Waals surface area contributed by atoms with Gasteiger partial charge in [0.2, 0.25) is 5.91 Å². The molecule has 4 N–H and O–H groups in total. The maximum Gasteiger partial charge on any atom is 0.224 e. The van der Waals surface area contributed by atoms with Gasteiger partial charge < -0.3 is 16.2 Å². The van der Waals surface area contributed by atoms with Crippen molar-refractivity contribution in [3.8, 4) is 0 Å². The topological polar surface area (TPSA) is 75.4 Å². The molecule has 17 heavy (non-hydrogen) atoms. The van der Waals surface area contributed by atoms with Gasteiger partial charge >= 0.3 is 0 Å². The minimum Gasteiger partial charge on any atom is -0.394 e. The molecule has 0 radical (unpaired) electrons. The first-order chi connectivity index (χ1) is 8.06. The molecule has 1 rings (SSSR count). The van der Waals surface area contributed by atoms with Gasteiger partial charge in [-0.15, -0.1) is 0 Å². The van der Waals surface area contributed by atoms with Crippen molar-refractivity contribution in [2.45, 2.75) is 51.5 Å². The normalized spacial score (nSPS) is 30.9. The van der Waals surface area contributed by atoms with Crippen LogP contribution in [-0.4, -0.2) is 29.7 Å². The van der Waals surface area contributed by atoms with E-state index in [1.165, 1.54) is 6.42 Å². The zero-order chi connectivity index (χ0) is 12.9. The third-order valence-corrected chi connectivity index (χ3v) is 3.93. The standard InChI is InChI=1S/C13H26N2O2/c1-3-11(8-14)12(17)15-13(9-16)6-4-5-10(2)7-13/h10-11,16H,3-9,14H2,1-2H3,(H,15,17). The molecule has 100 valence electrons. The van der Waals surface area contributed by atoms with E-state index in [9.17, 15) is 9.90 Å². The van der Waals surface area contributed by atoms with Gasteiger partial charge in [-0.1, -0.05) is 26.7 Å². The lowest BCUT2D eigenvalue weighted by Gasteiger charge is -2.40. The van der Waals surface area contributed by atoms with Crippen molar-refractivity contribution in [1.82, 2.24) is 5.32 Å². The number of nitrogens with one attached hydrogen (secondary N) is 1. The van der Waals surface area contributed by atoms with E-state index in [-0.39, 0.29) is 18.4 Å². The quantitative estimate of drug-likeness (QED) is 0.674. The van der Waals surface area contributed by atoms with Crippen LogP contribution in [-0.2, 0) is 4.79 Å². The second-order valence-electron chi connectivity index (χ2n) is 5.47. The van der Waals surface area contributed by atoms with E-state index >= 15 is 0 Å². The maximum atomic E-state index is 12.0. The highest BCUT2D eigenvalue weighted by molar-refractivity contribution is 5.79. The van der Waals surface area contributed by atoms with E-state index in [0.717, 1.165) is 25.7 Å². The van der Waals surface area contributed by atoms with Crippen LogP contribution in [0, 0.1) is 11.8 Å². The van der Waals surface area contributed by atoms with Gasteiger partial charge in [0.25, 0.3) is 0 Å². The first kappa shape index (κ1) is 14.5. The van der Waals surface area contributed by atoms with Crippen LogP contribution in [0.25, 0.3) is 0 Å². The molecule has 0 bridgehead atoms. The molecule has 0 aliphatic heterocycles. The molecule has 0 aromatic heterocycles. The third-order valence-electron chi connectivity index (χ3n) is 3.93. The Bertz CT molecular complexity index is 254. The Morgan fingerprint density at radius 1 is 1.65 bits per heavy atom. The molecule has 0 saturated heterocycles. The Hall–Kier alpha value is -0.610. The van der Waals surface area contributed by atoms with Gasteiger partial charge in [-0.25, -0.2) is 0 Å². The highest BCUT2D eigenvalue weighted by atomic mass is 16.3. The fraction of sp³-hybridized carbons (Fsp3) is 0.923. The van der Waals surface area contributed by atoms with Crippen LogP contribution in [0.4, 0.5) is 0 Å². The summed E-state index contributed by atoms with van der Waals surface area (Å²) in [6.07, 6.45) is 4.75. The molecular formula is C13H26N2O2. The van der Waals surface area contributed by atoms with Gasteiger partial charge in [-0.3, -0.25) is 4.79 Å². The molecular weight excluding hydrogens is 216 g/mol.